The van der Waals surface area contributed by atoms with Crippen molar-refractivity contribution in [3.05, 3.63) is 29.4 Å². The van der Waals surface area contributed by atoms with Gasteiger partial charge in [0.1, 0.15) is 11.0 Å². The highest BCUT2D eigenvalue weighted by molar-refractivity contribution is 6.29. The van der Waals surface area contributed by atoms with Gasteiger partial charge >= 0.3 is 0 Å². The Balaban J connectivity index is 1.63. The fourth-order valence-corrected chi connectivity index (χ4v) is 2.99. The monoisotopic (exact) mass is 361 g/mol. The molecule has 2 heterocycles. The summed E-state index contributed by atoms with van der Waals surface area (Å²) in [5.74, 6) is 0.542. The minimum Gasteiger partial charge on any atom is -0.311 e. The molecule has 0 radical (unpaired) electrons. The molecule has 0 saturated carbocycles. The first-order valence-electron chi connectivity index (χ1n) is 9.42. The largest absolute Gasteiger partial charge is 0.311 e. The van der Waals surface area contributed by atoms with Crippen molar-refractivity contribution < 1.29 is 4.79 Å². The Morgan fingerprint density at radius 1 is 0.920 bits per heavy atom. The van der Waals surface area contributed by atoms with E-state index in [4.69, 9.17) is 11.6 Å². The molecule has 5 heteroatoms. The second kappa shape index (κ2) is 11.0. The first-order chi connectivity index (χ1) is 12.2. The van der Waals surface area contributed by atoms with Gasteiger partial charge in [0.25, 0.3) is 0 Å². The summed E-state index contributed by atoms with van der Waals surface area (Å²) < 4.78 is 0. The standard InChI is InChI=1S/C20H28ClN3O/c1-2-3-4-5-6-7-8-9-10-11-19(25)23-18-15-13-16-12-14-17(21)22-20(16)24-18/h12-15H,2-11H2,1H3,(H,22,23,24,25). The summed E-state index contributed by atoms with van der Waals surface area (Å²) >= 11 is 5.88. The lowest BCUT2D eigenvalue weighted by molar-refractivity contribution is -0.116. The minimum absolute atomic E-state index is 0.0109. The Bertz CT molecular complexity index is 675. The van der Waals surface area contributed by atoms with Crippen LogP contribution in [0.2, 0.25) is 5.15 Å². The van der Waals surface area contributed by atoms with Crippen LogP contribution in [0.25, 0.3) is 11.0 Å². The van der Waals surface area contributed by atoms with Crippen molar-refractivity contribution in [2.24, 2.45) is 0 Å². The predicted octanol–water partition coefficient (Wildman–Crippen LogP) is 6.14. The summed E-state index contributed by atoms with van der Waals surface area (Å²) in [6.07, 6.45) is 11.8. The van der Waals surface area contributed by atoms with Gasteiger partial charge in [0.15, 0.2) is 5.65 Å². The molecule has 2 aromatic rings. The fraction of sp³-hybridized carbons (Fsp3) is 0.550. The number of carbonyl (C=O) groups is 1. The SMILES string of the molecule is CCCCCCCCCCCC(=O)Nc1ccc2ccc(Cl)nc2n1. The third-order valence-electron chi connectivity index (χ3n) is 4.29. The maximum Gasteiger partial charge on any atom is 0.225 e. The van der Waals surface area contributed by atoms with E-state index in [0.717, 1.165) is 18.2 Å². The number of carbonyl (C=O) groups excluding carboxylic acids is 1. The molecule has 0 aliphatic carbocycles. The summed E-state index contributed by atoms with van der Waals surface area (Å²) in [7, 11) is 0. The van der Waals surface area contributed by atoms with Crippen LogP contribution in [0.3, 0.4) is 0 Å². The molecule has 1 N–H and O–H groups in total. The number of hydrogen-bond donors (Lipinski definition) is 1. The molecule has 0 aliphatic rings. The lowest BCUT2D eigenvalue weighted by atomic mass is 10.1. The van der Waals surface area contributed by atoms with Crippen LogP contribution < -0.4 is 5.32 Å². The van der Waals surface area contributed by atoms with Crippen molar-refractivity contribution in [2.75, 3.05) is 5.32 Å². The first-order valence-corrected chi connectivity index (χ1v) is 9.80. The van der Waals surface area contributed by atoms with Crippen molar-refractivity contribution in [1.29, 1.82) is 0 Å². The normalized spacial score (nSPS) is 11.0. The Labute approximate surface area is 155 Å². The van der Waals surface area contributed by atoms with Crippen LogP contribution in [0.1, 0.15) is 71.1 Å². The van der Waals surface area contributed by atoms with Crippen LogP contribution >= 0.6 is 11.6 Å². The lowest BCUT2D eigenvalue weighted by Gasteiger charge is -2.06. The average Bonchev–Trinajstić information content (AvgIpc) is 2.60. The zero-order chi connectivity index (χ0) is 17.9. The minimum atomic E-state index is 0.0109. The predicted molar refractivity (Wildman–Crippen MR) is 105 cm³/mol. The number of unbranched alkanes of at least 4 members (excludes halogenated alkanes) is 8. The number of aromatic nitrogens is 2. The summed E-state index contributed by atoms with van der Waals surface area (Å²) in [4.78, 5) is 20.5. The smallest absolute Gasteiger partial charge is 0.225 e. The van der Waals surface area contributed by atoms with Crippen LogP contribution in [-0.2, 0) is 4.79 Å². The number of anilines is 1. The zero-order valence-electron chi connectivity index (χ0n) is 15.1. The van der Waals surface area contributed by atoms with Gasteiger partial charge in [0.05, 0.1) is 0 Å². The van der Waals surface area contributed by atoms with E-state index in [-0.39, 0.29) is 5.91 Å². The van der Waals surface area contributed by atoms with Crippen molar-refractivity contribution in [2.45, 2.75) is 71.1 Å². The van der Waals surface area contributed by atoms with Crippen molar-refractivity contribution >= 4 is 34.4 Å². The number of hydrogen-bond acceptors (Lipinski definition) is 3. The number of halogens is 1. The Morgan fingerprint density at radius 3 is 2.28 bits per heavy atom. The molecule has 0 fully saturated rings. The Kier molecular flexibility index (Phi) is 8.67. The van der Waals surface area contributed by atoms with E-state index in [0.29, 0.717) is 23.0 Å². The topological polar surface area (TPSA) is 54.9 Å². The zero-order valence-corrected chi connectivity index (χ0v) is 15.8. The summed E-state index contributed by atoms with van der Waals surface area (Å²) in [6.45, 7) is 2.24. The van der Waals surface area contributed by atoms with E-state index >= 15 is 0 Å². The summed E-state index contributed by atoms with van der Waals surface area (Å²) in [6, 6.07) is 7.28. The molecule has 0 aromatic carbocycles. The number of pyridine rings is 2. The highest BCUT2D eigenvalue weighted by Crippen LogP contribution is 2.16. The molecule has 2 aromatic heterocycles. The van der Waals surface area contributed by atoms with E-state index in [2.05, 4.69) is 22.2 Å². The Hall–Kier alpha value is -1.68. The van der Waals surface area contributed by atoms with Crippen LogP contribution in [0.4, 0.5) is 5.82 Å². The number of amides is 1. The molecular formula is C20H28ClN3O. The quantitative estimate of drug-likeness (QED) is 0.386. The van der Waals surface area contributed by atoms with Gasteiger partial charge < -0.3 is 5.32 Å². The molecule has 4 nitrogen and oxygen atoms in total. The van der Waals surface area contributed by atoms with Crippen LogP contribution in [0.5, 0.6) is 0 Å². The number of fused-ring (bicyclic) bond motifs is 1. The molecule has 0 atom stereocenters. The summed E-state index contributed by atoms with van der Waals surface area (Å²) in [5, 5.41) is 4.15. The molecule has 136 valence electrons. The Morgan fingerprint density at radius 2 is 1.56 bits per heavy atom. The third kappa shape index (κ3) is 7.39. The highest BCUT2D eigenvalue weighted by Gasteiger charge is 2.05. The average molecular weight is 362 g/mol. The van der Waals surface area contributed by atoms with Gasteiger partial charge in [0, 0.05) is 11.8 Å². The highest BCUT2D eigenvalue weighted by atomic mass is 35.5. The van der Waals surface area contributed by atoms with Crippen LogP contribution in [-0.4, -0.2) is 15.9 Å². The lowest BCUT2D eigenvalue weighted by Crippen LogP contribution is -2.12. The maximum atomic E-state index is 12.0. The van der Waals surface area contributed by atoms with Gasteiger partial charge in [-0.15, -0.1) is 0 Å². The second-order valence-corrected chi connectivity index (χ2v) is 6.89. The number of rotatable bonds is 11. The maximum absolute atomic E-state index is 12.0. The van der Waals surface area contributed by atoms with E-state index in [9.17, 15) is 4.79 Å². The van der Waals surface area contributed by atoms with Gasteiger partial charge in [-0.2, -0.15) is 0 Å². The molecule has 25 heavy (non-hydrogen) atoms. The van der Waals surface area contributed by atoms with E-state index < -0.39 is 0 Å². The van der Waals surface area contributed by atoms with Gasteiger partial charge in [-0.25, -0.2) is 9.97 Å². The van der Waals surface area contributed by atoms with Crippen LogP contribution in [0, 0.1) is 0 Å². The molecule has 0 aliphatic heterocycles. The molecule has 2 rings (SSSR count). The van der Waals surface area contributed by atoms with Crippen molar-refractivity contribution in [1.82, 2.24) is 9.97 Å². The third-order valence-corrected chi connectivity index (χ3v) is 4.50. The molecule has 0 unspecified atom stereocenters. The molecule has 1 amide bonds. The van der Waals surface area contributed by atoms with Gasteiger partial charge in [-0.1, -0.05) is 69.9 Å². The fourth-order valence-electron chi connectivity index (χ4n) is 2.85. The van der Waals surface area contributed by atoms with E-state index in [1.54, 1.807) is 12.1 Å². The first kappa shape index (κ1) is 19.6. The van der Waals surface area contributed by atoms with Gasteiger partial charge in [-0.05, 0) is 30.7 Å². The van der Waals surface area contributed by atoms with Crippen LogP contribution in [0.15, 0.2) is 24.3 Å². The summed E-state index contributed by atoms with van der Waals surface area (Å²) in [5.41, 5.74) is 0.549. The second-order valence-electron chi connectivity index (χ2n) is 6.50. The molecule has 0 bridgehead atoms. The van der Waals surface area contributed by atoms with Crippen molar-refractivity contribution in [3.63, 3.8) is 0 Å². The van der Waals surface area contributed by atoms with E-state index in [1.165, 1.54) is 44.9 Å². The molecule has 0 spiro atoms. The molecule has 0 saturated heterocycles. The number of nitrogens with zero attached hydrogens (tertiary/aromatic N) is 2. The van der Waals surface area contributed by atoms with Gasteiger partial charge in [0.2, 0.25) is 5.91 Å². The van der Waals surface area contributed by atoms with Gasteiger partial charge in [-0.3, -0.25) is 4.79 Å². The number of nitrogens with one attached hydrogen (secondary N) is 1. The molecular weight excluding hydrogens is 334 g/mol. The van der Waals surface area contributed by atoms with E-state index in [1.807, 2.05) is 12.1 Å². The van der Waals surface area contributed by atoms with Crippen molar-refractivity contribution in [3.8, 4) is 0 Å².